The third-order valence-corrected chi connectivity index (χ3v) is 4.77. The zero-order valence-electron chi connectivity index (χ0n) is 13.0. The van der Waals surface area contributed by atoms with E-state index < -0.39 is 0 Å². The molecule has 0 atom stereocenters. The van der Waals surface area contributed by atoms with Crippen LogP contribution in [0.4, 0.5) is 5.82 Å². The SMILES string of the molecule is CN(CCCNC(=O)C1CCC1)c1nc(Cl)ncc1C1CC1. The van der Waals surface area contributed by atoms with Crippen molar-refractivity contribution in [2.45, 2.75) is 44.4 Å². The first-order chi connectivity index (χ1) is 10.6. The first-order valence-electron chi connectivity index (χ1n) is 8.16. The van der Waals surface area contributed by atoms with E-state index in [1.54, 1.807) is 0 Å². The molecule has 2 aliphatic rings. The van der Waals surface area contributed by atoms with Gasteiger partial charge in [-0.05, 0) is 49.6 Å². The average Bonchev–Trinajstić information content (AvgIpc) is 3.26. The Kier molecular flexibility index (Phi) is 4.81. The summed E-state index contributed by atoms with van der Waals surface area (Å²) in [4.78, 5) is 22.4. The molecule has 0 unspecified atom stereocenters. The van der Waals surface area contributed by atoms with E-state index in [1.165, 1.54) is 24.8 Å². The second kappa shape index (κ2) is 6.82. The quantitative estimate of drug-likeness (QED) is 0.619. The molecule has 0 saturated heterocycles. The van der Waals surface area contributed by atoms with Gasteiger partial charge in [-0.25, -0.2) is 9.97 Å². The van der Waals surface area contributed by atoms with Crippen LogP contribution in [0.1, 0.15) is 50.0 Å². The van der Waals surface area contributed by atoms with Crippen LogP contribution in [0.2, 0.25) is 5.28 Å². The average molecular weight is 323 g/mol. The first kappa shape index (κ1) is 15.5. The van der Waals surface area contributed by atoms with E-state index in [0.717, 1.165) is 38.2 Å². The van der Waals surface area contributed by atoms with Crippen molar-refractivity contribution in [2.75, 3.05) is 25.0 Å². The smallest absolute Gasteiger partial charge is 0.224 e. The number of anilines is 1. The molecule has 0 spiro atoms. The molecule has 0 aliphatic heterocycles. The van der Waals surface area contributed by atoms with E-state index in [-0.39, 0.29) is 11.8 Å². The van der Waals surface area contributed by atoms with Crippen molar-refractivity contribution < 1.29 is 4.79 Å². The van der Waals surface area contributed by atoms with Gasteiger partial charge in [0.15, 0.2) is 0 Å². The molecule has 1 N–H and O–H groups in total. The summed E-state index contributed by atoms with van der Waals surface area (Å²) >= 11 is 5.94. The predicted octanol–water partition coefficient (Wildman–Crippen LogP) is 2.75. The fourth-order valence-corrected chi connectivity index (χ4v) is 2.93. The fraction of sp³-hybridized carbons (Fsp3) is 0.688. The van der Waals surface area contributed by atoms with Crippen molar-refractivity contribution in [3.05, 3.63) is 17.0 Å². The maximum atomic E-state index is 11.8. The molecular weight excluding hydrogens is 300 g/mol. The lowest BCUT2D eigenvalue weighted by Crippen LogP contribution is -2.36. The molecule has 6 heteroatoms. The number of carbonyl (C=O) groups excluding carboxylic acids is 1. The largest absolute Gasteiger partial charge is 0.359 e. The minimum absolute atomic E-state index is 0.220. The summed E-state index contributed by atoms with van der Waals surface area (Å²) in [6.07, 6.45) is 8.48. The normalized spacial score (nSPS) is 17.9. The van der Waals surface area contributed by atoms with Gasteiger partial charge in [0.1, 0.15) is 5.82 Å². The summed E-state index contributed by atoms with van der Waals surface area (Å²) in [5.74, 6) is 2.01. The Bertz CT molecular complexity index is 543. The zero-order valence-corrected chi connectivity index (χ0v) is 13.8. The molecule has 1 aromatic rings. The molecule has 0 aromatic carbocycles. The Morgan fingerprint density at radius 2 is 2.18 bits per heavy atom. The topological polar surface area (TPSA) is 58.1 Å². The van der Waals surface area contributed by atoms with Gasteiger partial charge in [-0.1, -0.05) is 6.42 Å². The van der Waals surface area contributed by atoms with Gasteiger partial charge in [0.2, 0.25) is 11.2 Å². The molecule has 0 radical (unpaired) electrons. The molecule has 120 valence electrons. The third-order valence-electron chi connectivity index (χ3n) is 4.59. The molecule has 1 amide bonds. The minimum atomic E-state index is 0.220. The van der Waals surface area contributed by atoms with Crippen LogP contribution < -0.4 is 10.2 Å². The summed E-state index contributed by atoms with van der Waals surface area (Å²) in [6, 6.07) is 0. The number of hydrogen-bond donors (Lipinski definition) is 1. The van der Waals surface area contributed by atoms with Gasteiger partial charge < -0.3 is 10.2 Å². The summed E-state index contributed by atoms with van der Waals surface area (Å²) in [5, 5.41) is 3.32. The van der Waals surface area contributed by atoms with Gasteiger partial charge >= 0.3 is 0 Å². The van der Waals surface area contributed by atoms with E-state index in [2.05, 4.69) is 20.2 Å². The Labute approximate surface area is 136 Å². The molecule has 1 aromatic heterocycles. The summed E-state index contributed by atoms with van der Waals surface area (Å²) in [5.41, 5.74) is 1.20. The molecule has 2 fully saturated rings. The van der Waals surface area contributed by atoms with Crippen LogP contribution in [0, 0.1) is 5.92 Å². The number of halogens is 1. The van der Waals surface area contributed by atoms with Crippen LogP contribution >= 0.6 is 11.6 Å². The fourth-order valence-electron chi connectivity index (χ4n) is 2.80. The van der Waals surface area contributed by atoms with Crippen molar-refractivity contribution >= 4 is 23.3 Å². The molecule has 3 rings (SSSR count). The highest BCUT2D eigenvalue weighted by molar-refractivity contribution is 6.28. The molecule has 5 nitrogen and oxygen atoms in total. The molecule has 2 saturated carbocycles. The van der Waals surface area contributed by atoms with Crippen LogP contribution in [0.15, 0.2) is 6.20 Å². The monoisotopic (exact) mass is 322 g/mol. The van der Waals surface area contributed by atoms with E-state index in [4.69, 9.17) is 11.6 Å². The first-order valence-corrected chi connectivity index (χ1v) is 8.54. The molecule has 1 heterocycles. The zero-order chi connectivity index (χ0) is 15.5. The van der Waals surface area contributed by atoms with Crippen LogP contribution in [0.5, 0.6) is 0 Å². The highest BCUT2D eigenvalue weighted by Crippen LogP contribution is 2.43. The lowest BCUT2D eigenvalue weighted by atomic mass is 9.85. The highest BCUT2D eigenvalue weighted by atomic mass is 35.5. The number of amides is 1. The molecular formula is C16H23ClN4O. The van der Waals surface area contributed by atoms with Gasteiger partial charge in [0, 0.05) is 37.8 Å². The number of hydrogen-bond acceptors (Lipinski definition) is 4. The summed E-state index contributed by atoms with van der Waals surface area (Å²) in [7, 11) is 2.03. The van der Waals surface area contributed by atoms with E-state index in [1.807, 2.05) is 13.2 Å². The molecule has 2 aliphatic carbocycles. The molecule has 22 heavy (non-hydrogen) atoms. The number of aromatic nitrogens is 2. The van der Waals surface area contributed by atoms with Crippen molar-refractivity contribution in [3.8, 4) is 0 Å². The number of nitrogens with one attached hydrogen (secondary N) is 1. The predicted molar refractivity (Wildman–Crippen MR) is 87.3 cm³/mol. The second-order valence-corrected chi connectivity index (χ2v) is 6.72. The summed E-state index contributed by atoms with van der Waals surface area (Å²) in [6.45, 7) is 1.56. The molecule has 0 bridgehead atoms. The van der Waals surface area contributed by atoms with Crippen LogP contribution in [0.25, 0.3) is 0 Å². The Morgan fingerprint density at radius 3 is 2.82 bits per heavy atom. The van der Waals surface area contributed by atoms with Gasteiger partial charge in [-0.15, -0.1) is 0 Å². The number of nitrogens with zero attached hydrogens (tertiary/aromatic N) is 3. The van der Waals surface area contributed by atoms with E-state index in [9.17, 15) is 4.79 Å². The standard InChI is InChI=1S/C16H23ClN4O/c1-21(9-3-8-18-15(22)12-4-2-5-12)14-13(11-6-7-11)10-19-16(17)20-14/h10-12H,2-9H2,1H3,(H,18,22). The summed E-state index contributed by atoms with van der Waals surface area (Å²) < 4.78 is 0. The number of rotatable bonds is 7. The van der Waals surface area contributed by atoms with Gasteiger partial charge in [-0.2, -0.15) is 0 Å². The Morgan fingerprint density at radius 1 is 1.41 bits per heavy atom. The van der Waals surface area contributed by atoms with Crippen LogP contribution in [-0.4, -0.2) is 36.0 Å². The van der Waals surface area contributed by atoms with Gasteiger partial charge in [0.25, 0.3) is 0 Å². The van der Waals surface area contributed by atoms with Gasteiger partial charge in [-0.3, -0.25) is 4.79 Å². The maximum Gasteiger partial charge on any atom is 0.224 e. The minimum Gasteiger partial charge on any atom is -0.359 e. The lowest BCUT2D eigenvalue weighted by Gasteiger charge is -2.24. The van der Waals surface area contributed by atoms with Crippen molar-refractivity contribution in [3.63, 3.8) is 0 Å². The Hall–Kier alpha value is -1.36. The maximum absolute atomic E-state index is 11.8. The van der Waals surface area contributed by atoms with Gasteiger partial charge in [0.05, 0.1) is 0 Å². The van der Waals surface area contributed by atoms with Crippen LogP contribution in [-0.2, 0) is 4.79 Å². The second-order valence-electron chi connectivity index (χ2n) is 6.39. The highest BCUT2D eigenvalue weighted by Gasteiger charge is 2.28. The van der Waals surface area contributed by atoms with E-state index >= 15 is 0 Å². The van der Waals surface area contributed by atoms with Crippen molar-refractivity contribution in [1.29, 1.82) is 0 Å². The third kappa shape index (κ3) is 3.69. The van der Waals surface area contributed by atoms with Crippen molar-refractivity contribution in [2.24, 2.45) is 5.92 Å². The Balaban J connectivity index is 1.48. The number of carbonyl (C=O) groups is 1. The van der Waals surface area contributed by atoms with Crippen molar-refractivity contribution in [1.82, 2.24) is 15.3 Å². The van der Waals surface area contributed by atoms with E-state index in [0.29, 0.717) is 11.2 Å². The lowest BCUT2D eigenvalue weighted by molar-refractivity contribution is -0.127. The van der Waals surface area contributed by atoms with Crippen LogP contribution in [0.3, 0.4) is 0 Å².